The lowest BCUT2D eigenvalue weighted by Gasteiger charge is -2.13. The van der Waals surface area contributed by atoms with Crippen molar-refractivity contribution in [2.45, 2.75) is 0 Å². The maximum absolute atomic E-state index is 8.76. The van der Waals surface area contributed by atoms with Crippen LogP contribution in [0.4, 0.5) is 0 Å². The Morgan fingerprint density at radius 3 is 1.84 bits per heavy atom. The van der Waals surface area contributed by atoms with Gasteiger partial charge in [-0.25, -0.2) is 9.98 Å². The van der Waals surface area contributed by atoms with Crippen molar-refractivity contribution < 1.29 is 0 Å². The Bertz CT molecular complexity index is 2790. The monoisotopic (exact) mass is 652 g/mol. The van der Waals surface area contributed by atoms with Gasteiger partial charge in [0.2, 0.25) is 0 Å². The summed E-state index contributed by atoms with van der Waals surface area (Å²) in [5.74, 6) is 0.649. The van der Waals surface area contributed by atoms with Gasteiger partial charge in [-0.2, -0.15) is 0 Å². The topological polar surface area (TPSA) is 53.5 Å². The number of aromatic nitrogens is 1. The van der Waals surface area contributed by atoms with E-state index in [1.165, 1.54) is 32.6 Å². The summed E-state index contributed by atoms with van der Waals surface area (Å²) in [6, 6.07) is 62.8. The van der Waals surface area contributed by atoms with Gasteiger partial charge < -0.3 is 4.57 Å². The Morgan fingerprint density at radius 1 is 0.490 bits per heavy atom. The molecule has 0 spiro atoms. The van der Waals surface area contributed by atoms with Crippen LogP contribution in [0.3, 0.4) is 0 Å². The second-order valence-corrected chi connectivity index (χ2v) is 12.6. The number of hydrogen-bond acceptors (Lipinski definition) is 1. The predicted octanol–water partition coefficient (Wildman–Crippen LogP) is 11.6. The Kier molecular flexibility index (Phi) is 7.60. The quantitative estimate of drug-likeness (QED) is 0.142. The van der Waals surface area contributed by atoms with Crippen molar-refractivity contribution in [3.8, 4) is 16.8 Å². The maximum Gasteiger partial charge on any atom is 0.161 e. The molecule has 0 unspecified atom stereocenters. The van der Waals surface area contributed by atoms with Gasteiger partial charge in [-0.3, -0.25) is 5.41 Å². The fourth-order valence-corrected chi connectivity index (χ4v) is 7.06. The van der Waals surface area contributed by atoms with Crippen molar-refractivity contribution in [1.82, 2.24) is 4.57 Å². The molecule has 240 valence electrons. The van der Waals surface area contributed by atoms with Crippen molar-refractivity contribution in [2.75, 3.05) is 0 Å². The number of rotatable bonds is 5. The molecule has 1 aromatic heterocycles. The van der Waals surface area contributed by atoms with E-state index in [-0.39, 0.29) is 5.84 Å². The van der Waals surface area contributed by atoms with Crippen molar-refractivity contribution in [2.24, 2.45) is 9.98 Å². The van der Waals surface area contributed by atoms with Gasteiger partial charge in [-0.1, -0.05) is 152 Å². The Balaban J connectivity index is 1.16. The van der Waals surface area contributed by atoms with Gasteiger partial charge in [0.15, 0.2) is 11.7 Å². The lowest BCUT2D eigenvalue weighted by molar-refractivity contribution is 1.18. The van der Waals surface area contributed by atoms with Crippen LogP contribution in [0.1, 0.15) is 16.7 Å². The summed E-state index contributed by atoms with van der Waals surface area (Å²) in [6.45, 7) is 0. The number of nitrogens with zero attached hydrogens (tertiary/aromatic N) is 3. The van der Waals surface area contributed by atoms with Crippen molar-refractivity contribution in [3.63, 3.8) is 0 Å². The number of aliphatic imine (C=N–C) groups is 2. The lowest BCUT2D eigenvalue weighted by Crippen LogP contribution is -2.05. The first-order valence-electron chi connectivity index (χ1n) is 17.1. The van der Waals surface area contributed by atoms with Gasteiger partial charge in [0.1, 0.15) is 0 Å². The summed E-state index contributed by atoms with van der Waals surface area (Å²) in [5, 5.41) is 15.9. The highest BCUT2D eigenvalue weighted by atomic mass is 15.0. The third kappa shape index (κ3) is 5.59. The first kappa shape index (κ1) is 30.2. The lowest BCUT2D eigenvalue weighted by atomic mass is 9.94. The fourth-order valence-electron chi connectivity index (χ4n) is 7.06. The van der Waals surface area contributed by atoms with Crippen LogP contribution in [-0.4, -0.2) is 22.5 Å². The zero-order valence-corrected chi connectivity index (χ0v) is 27.7. The zero-order valence-electron chi connectivity index (χ0n) is 27.7. The highest BCUT2D eigenvalue weighted by Gasteiger charge is 2.15. The fraction of sp³-hybridized carbons (Fsp3) is 0. The molecular weight excluding hydrogens is 621 g/mol. The third-order valence-electron chi connectivity index (χ3n) is 9.56. The molecule has 8 aromatic carbocycles. The average molecular weight is 653 g/mol. The van der Waals surface area contributed by atoms with Crippen LogP contribution >= 0.6 is 0 Å². The van der Waals surface area contributed by atoms with Gasteiger partial charge in [0, 0.05) is 39.4 Å². The second-order valence-electron chi connectivity index (χ2n) is 12.6. The molecule has 0 aliphatic carbocycles. The van der Waals surface area contributed by atoms with Gasteiger partial charge in [-0.05, 0) is 63.0 Å². The van der Waals surface area contributed by atoms with Crippen molar-refractivity contribution >= 4 is 61.2 Å². The minimum absolute atomic E-state index is 0.165. The van der Waals surface area contributed by atoms with Gasteiger partial charge in [0.25, 0.3) is 0 Å². The maximum atomic E-state index is 8.76. The molecule has 0 aliphatic heterocycles. The van der Waals surface area contributed by atoms with E-state index in [0.717, 1.165) is 44.3 Å². The Morgan fingerprint density at radius 2 is 1.10 bits per heavy atom. The van der Waals surface area contributed by atoms with E-state index in [1.54, 1.807) is 0 Å². The van der Waals surface area contributed by atoms with Gasteiger partial charge in [-0.15, -0.1) is 0 Å². The highest BCUT2D eigenvalue weighted by molar-refractivity contribution is 6.16. The normalized spacial score (nSPS) is 12.0. The van der Waals surface area contributed by atoms with Crippen LogP contribution in [0.2, 0.25) is 0 Å². The molecule has 4 nitrogen and oxygen atoms in total. The molecule has 4 heteroatoms. The van der Waals surface area contributed by atoms with Crippen LogP contribution in [0, 0.1) is 5.41 Å². The number of para-hydroxylation sites is 1. The number of nitrogens with one attached hydrogen (secondary N) is 1. The summed E-state index contributed by atoms with van der Waals surface area (Å²) < 4.78 is 2.37. The largest absolute Gasteiger partial charge is 0.309 e. The van der Waals surface area contributed by atoms with E-state index >= 15 is 0 Å². The summed E-state index contributed by atoms with van der Waals surface area (Å²) >= 11 is 0. The first-order chi connectivity index (χ1) is 25.2. The number of amidine groups is 2. The molecule has 0 amide bonds. The van der Waals surface area contributed by atoms with E-state index in [9.17, 15) is 0 Å². The Hall–Kier alpha value is -6.91. The van der Waals surface area contributed by atoms with E-state index in [2.05, 4.69) is 126 Å². The van der Waals surface area contributed by atoms with E-state index in [0.29, 0.717) is 5.84 Å². The molecule has 0 radical (unpaired) electrons. The minimum Gasteiger partial charge on any atom is -0.309 e. The molecule has 51 heavy (non-hydrogen) atoms. The summed E-state index contributed by atoms with van der Waals surface area (Å²) in [5.41, 5.74) is 8.23. The van der Waals surface area contributed by atoms with Crippen molar-refractivity contribution in [3.05, 3.63) is 199 Å². The van der Waals surface area contributed by atoms with Gasteiger partial charge >= 0.3 is 0 Å². The van der Waals surface area contributed by atoms with Gasteiger partial charge in [0.05, 0.1) is 11.0 Å². The molecule has 0 aliphatic rings. The smallest absolute Gasteiger partial charge is 0.161 e. The Labute approximate surface area is 295 Å². The standard InChI is InChI=1S/C47H32N4/c48-46(34-14-3-1-4-15-34)50-47(35-16-5-2-6-17-35)49-31-43-39-20-10-9-13-32(39)25-28-40(43)33-23-26-38(27-24-33)51-44-22-12-11-21-41(44)42-29-36-18-7-8-19-37(36)30-45(42)51/h1-31,48H. The first-order valence-corrected chi connectivity index (χ1v) is 17.1. The molecule has 0 fully saturated rings. The molecule has 0 bridgehead atoms. The predicted molar refractivity (Wildman–Crippen MR) is 215 cm³/mol. The number of hydrogen-bond donors (Lipinski definition) is 1. The molecular formula is C47H32N4. The van der Waals surface area contributed by atoms with Crippen molar-refractivity contribution in [1.29, 1.82) is 5.41 Å². The number of fused-ring (bicyclic) bond motifs is 5. The third-order valence-corrected chi connectivity index (χ3v) is 9.56. The van der Waals surface area contributed by atoms with E-state index < -0.39 is 0 Å². The molecule has 9 rings (SSSR count). The van der Waals surface area contributed by atoms with Crippen LogP contribution in [-0.2, 0) is 0 Å². The summed E-state index contributed by atoms with van der Waals surface area (Å²) in [7, 11) is 0. The molecule has 0 saturated heterocycles. The molecule has 0 atom stereocenters. The number of benzene rings is 8. The summed E-state index contributed by atoms with van der Waals surface area (Å²) in [6.07, 6.45) is 1.91. The molecule has 1 heterocycles. The van der Waals surface area contributed by atoms with Crippen LogP contribution in [0.25, 0.3) is 60.2 Å². The molecule has 0 saturated carbocycles. The average Bonchev–Trinajstić information content (AvgIpc) is 3.52. The van der Waals surface area contributed by atoms with E-state index in [1.807, 2.05) is 66.9 Å². The highest BCUT2D eigenvalue weighted by Crippen LogP contribution is 2.36. The SMILES string of the molecule is N=C(N=C(N=Cc1c(-c2ccc(-n3c4ccccc4c4cc5ccccc5cc43)cc2)ccc2ccccc12)c1ccccc1)c1ccccc1. The summed E-state index contributed by atoms with van der Waals surface area (Å²) in [4.78, 5) is 9.72. The zero-order chi connectivity index (χ0) is 34.1. The van der Waals surface area contributed by atoms with E-state index in [4.69, 9.17) is 15.4 Å². The minimum atomic E-state index is 0.165. The molecule has 9 aromatic rings. The molecule has 1 N–H and O–H groups in total. The van der Waals surface area contributed by atoms with Crippen LogP contribution in [0.5, 0.6) is 0 Å². The van der Waals surface area contributed by atoms with Crippen LogP contribution in [0.15, 0.2) is 192 Å². The van der Waals surface area contributed by atoms with Crippen LogP contribution < -0.4 is 0 Å². The second kappa shape index (κ2) is 12.8.